The van der Waals surface area contributed by atoms with Gasteiger partial charge in [-0.3, -0.25) is 0 Å². The van der Waals surface area contributed by atoms with E-state index >= 15 is 0 Å². The maximum Gasteiger partial charge on any atom is 0 e. The molecule has 87 valence electrons. The van der Waals surface area contributed by atoms with Gasteiger partial charge in [0.05, 0.1) is 0 Å². The number of nitrogens with zero attached hydrogens (tertiary/aromatic N) is 2. The summed E-state index contributed by atoms with van der Waals surface area (Å²) < 4.78 is 0. The second-order valence-electron chi connectivity index (χ2n) is 3.43. The van der Waals surface area contributed by atoms with E-state index in [4.69, 9.17) is 0 Å². The Bertz CT molecular complexity index is 462. The zero-order valence-electron chi connectivity index (χ0n) is 9.65. The molecule has 0 saturated heterocycles. The molecule has 0 saturated carbocycles. The monoisotopic (exact) mass is 479 g/mol. The van der Waals surface area contributed by atoms with Crippen LogP contribution in [0.2, 0.25) is 0 Å². The van der Waals surface area contributed by atoms with Gasteiger partial charge in [-0.05, 0) is 11.1 Å². The zero-order chi connectivity index (χ0) is 11.4. The summed E-state index contributed by atoms with van der Waals surface area (Å²) in [7, 11) is 0. The number of rotatable bonds is 3. The van der Waals surface area contributed by atoms with Crippen molar-refractivity contribution in [3.8, 4) is 0 Å². The molecule has 0 atom stereocenters. The summed E-state index contributed by atoms with van der Waals surface area (Å²) in [6, 6.07) is 17.9. The molecular weight excluding hydrogens is 469 g/mol. The van der Waals surface area contributed by atoms with Crippen LogP contribution in [0.1, 0.15) is 11.1 Å². The molecule has 0 aliphatic carbocycles. The van der Waals surface area contributed by atoms with Gasteiger partial charge in [-0.2, -0.15) is 11.4 Å². The Hall–Kier alpha value is -0.428. The predicted molar refractivity (Wildman–Crippen MR) is 67.8 cm³/mol. The van der Waals surface area contributed by atoms with Gasteiger partial charge in [0.2, 0.25) is 0 Å². The van der Waals surface area contributed by atoms with E-state index in [1.54, 1.807) is 24.3 Å². The third kappa shape index (κ3) is 4.35. The molecule has 2 aromatic carbocycles. The summed E-state index contributed by atoms with van der Waals surface area (Å²) in [5.41, 5.74) is 0.992. The molecule has 0 N–H and O–H groups in total. The molecular formula is C14H10N2WY-2. The van der Waals surface area contributed by atoms with Crippen LogP contribution in [0.4, 0.5) is 0 Å². The average Bonchev–Trinajstić information content (AvgIpc) is 2.39. The molecule has 0 aliphatic heterocycles. The van der Waals surface area contributed by atoms with E-state index in [9.17, 15) is 10.8 Å². The van der Waals surface area contributed by atoms with Gasteiger partial charge in [-0.1, -0.05) is 60.7 Å². The normalized spacial score (nSPS) is 8.67. The van der Waals surface area contributed by atoms with Crippen molar-refractivity contribution in [3.05, 3.63) is 82.6 Å². The maximum atomic E-state index is 9.87. The zero-order valence-corrected chi connectivity index (χ0v) is 15.4. The molecule has 0 heterocycles. The minimum Gasteiger partial charge on any atom is -0.804 e. The Balaban J connectivity index is 0.00000144. The Kier molecular flexibility index (Phi) is 8.43. The minimum absolute atomic E-state index is 0. The molecule has 0 bridgehead atoms. The van der Waals surface area contributed by atoms with Crippen LogP contribution in [-0.4, -0.2) is 11.4 Å². The maximum absolute atomic E-state index is 9.87. The van der Waals surface area contributed by atoms with Crippen LogP contribution in [-0.2, 0) is 53.8 Å². The van der Waals surface area contributed by atoms with E-state index in [1.165, 1.54) is 0 Å². The molecule has 0 aromatic heterocycles. The quantitative estimate of drug-likeness (QED) is 0.609. The van der Waals surface area contributed by atoms with Crippen LogP contribution in [0, 0.1) is 0 Å². The van der Waals surface area contributed by atoms with Gasteiger partial charge in [-0.25, -0.2) is 0 Å². The van der Waals surface area contributed by atoms with Crippen molar-refractivity contribution in [1.82, 2.24) is 0 Å². The molecule has 0 aliphatic rings. The number of benzene rings is 2. The third-order valence-corrected chi connectivity index (χ3v) is 2.32. The molecule has 2 nitrogen and oxygen atoms in total. The van der Waals surface area contributed by atoms with E-state index in [-0.39, 0.29) is 65.2 Å². The van der Waals surface area contributed by atoms with Gasteiger partial charge in [0.25, 0.3) is 0 Å². The van der Waals surface area contributed by atoms with Crippen LogP contribution in [0.3, 0.4) is 0 Å². The van der Waals surface area contributed by atoms with Crippen molar-refractivity contribution in [2.75, 3.05) is 0 Å². The molecule has 18 heavy (non-hydrogen) atoms. The molecule has 0 unspecified atom stereocenters. The average molecular weight is 479 g/mol. The van der Waals surface area contributed by atoms with Crippen LogP contribution in [0.15, 0.2) is 60.7 Å². The second kappa shape index (κ2) is 8.64. The van der Waals surface area contributed by atoms with Crippen molar-refractivity contribution in [2.45, 2.75) is 0 Å². The van der Waals surface area contributed by atoms with E-state index < -0.39 is 0 Å². The Morgan fingerprint density at radius 1 is 0.611 bits per heavy atom. The number of hydrogen-bond acceptors (Lipinski definition) is 0. The van der Waals surface area contributed by atoms with Crippen LogP contribution < -0.4 is 0 Å². The fraction of sp³-hybridized carbons (Fsp3) is 0. The summed E-state index contributed by atoms with van der Waals surface area (Å²) in [5.74, 6) is 0. The Morgan fingerprint density at radius 3 is 1.17 bits per heavy atom. The van der Waals surface area contributed by atoms with Crippen molar-refractivity contribution >= 4 is 11.4 Å². The van der Waals surface area contributed by atoms with Gasteiger partial charge in [0.1, 0.15) is 0 Å². The third-order valence-electron chi connectivity index (χ3n) is 2.32. The van der Waals surface area contributed by atoms with Gasteiger partial charge in [-0.15, -0.1) is 0 Å². The smallest absolute Gasteiger partial charge is 0 e. The van der Waals surface area contributed by atoms with Gasteiger partial charge >= 0.3 is 0 Å². The van der Waals surface area contributed by atoms with Gasteiger partial charge in [0, 0.05) is 53.8 Å². The molecule has 2 aromatic rings. The molecule has 0 amide bonds. The van der Waals surface area contributed by atoms with Gasteiger partial charge < -0.3 is 10.8 Å². The first-order valence-electron chi connectivity index (χ1n) is 5.02. The topological polar surface area (TPSA) is 44.6 Å². The first-order chi connectivity index (χ1) is 7.79. The van der Waals surface area contributed by atoms with Crippen LogP contribution in [0.25, 0.3) is 10.8 Å². The van der Waals surface area contributed by atoms with Crippen molar-refractivity contribution in [1.29, 1.82) is 0 Å². The molecule has 4 heteroatoms. The van der Waals surface area contributed by atoms with E-state index in [2.05, 4.69) is 0 Å². The van der Waals surface area contributed by atoms with Crippen LogP contribution >= 0.6 is 0 Å². The van der Waals surface area contributed by atoms with Crippen molar-refractivity contribution in [2.24, 2.45) is 0 Å². The fourth-order valence-corrected chi connectivity index (χ4v) is 1.47. The summed E-state index contributed by atoms with van der Waals surface area (Å²) in [4.78, 5) is 0. The number of hydrogen-bond donors (Lipinski definition) is 0. The SMILES string of the molecule is [N-]=C(C(=[N-])c1ccccc1)c1ccccc1.[W].[Y]. The molecule has 0 fully saturated rings. The summed E-state index contributed by atoms with van der Waals surface area (Å²) in [6.45, 7) is 0. The largest absolute Gasteiger partial charge is 0.804 e. The van der Waals surface area contributed by atoms with E-state index in [0.29, 0.717) is 11.1 Å². The summed E-state index contributed by atoms with van der Waals surface area (Å²) in [5, 5.41) is 19.7. The standard InChI is InChI=1S/C14H10N2.W.Y/c15-13(11-7-3-1-4-8-11)14(16)12-9-5-2-6-10-12;;/h1-10H;;/q-2;;. The molecule has 0 spiro atoms. The van der Waals surface area contributed by atoms with E-state index in [0.717, 1.165) is 0 Å². The van der Waals surface area contributed by atoms with Crippen LogP contribution in [0.5, 0.6) is 0 Å². The molecule has 1 radical (unpaired) electrons. The predicted octanol–water partition coefficient (Wildman–Crippen LogP) is 3.10. The Morgan fingerprint density at radius 2 is 0.889 bits per heavy atom. The van der Waals surface area contributed by atoms with Crippen molar-refractivity contribution < 1.29 is 53.8 Å². The summed E-state index contributed by atoms with van der Waals surface area (Å²) >= 11 is 0. The van der Waals surface area contributed by atoms with E-state index in [1.807, 2.05) is 36.4 Å². The minimum atomic E-state index is -0.105. The fourth-order valence-electron chi connectivity index (χ4n) is 1.47. The van der Waals surface area contributed by atoms with Crippen molar-refractivity contribution in [3.63, 3.8) is 0 Å². The first kappa shape index (κ1) is 17.6. The second-order valence-corrected chi connectivity index (χ2v) is 3.43. The summed E-state index contributed by atoms with van der Waals surface area (Å²) in [6.07, 6.45) is 0. The molecule has 2 rings (SSSR count). The van der Waals surface area contributed by atoms with Gasteiger partial charge in [0.15, 0.2) is 0 Å². The first-order valence-corrected chi connectivity index (χ1v) is 5.02. The Labute approximate surface area is 146 Å².